The van der Waals surface area contributed by atoms with Crippen LogP contribution in [0.4, 0.5) is 9.18 Å². The van der Waals surface area contributed by atoms with E-state index in [1.165, 1.54) is 56.0 Å². The molecule has 13 heteroatoms. The van der Waals surface area contributed by atoms with Crippen LogP contribution in [0.5, 0.6) is 0 Å². The topological polar surface area (TPSA) is 177 Å². The van der Waals surface area contributed by atoms with Gasteiger partial charge in [-0.1, -0.05) is 85.8 Å². The van der Waals surface area contributed by atoms with Crippen LogP contribution >= 0.6 is 0 Å². The molecule has 286 valence electrons. The molecule has 1 saturated heterocycles. The first-order valence-corrected chi connectivity index (χ1v) is 18.2. The van der Waals surface area contributed by atoms with Crippen molar-refractivity contribution in [3.63, 3.8) is 0 Å². The fraction of sp³-hybridized carbons (Fsp3) is 0.684. The van der Waals surface area contributed by atoms with Crippen molar-refractivity contribution in [2.45, 2.75) is 130 Å². The number of benzene rings is 1. The van der Waals surface area contributed by atoms with Crippen LogP contribution in [0, 0.1) is 29.0 Å². The van der Waals surface area contributed by atoms with Gasteiger partial charge in [0.25, 0.3) is 0 Å². The second-order valence-electron chi connectivity index (χ2n) is 15.3. The minimum absolute atomic E-state index is 0.0343. The number of nitrogens with zero attached hydrogens (tertiary/aromatic N) is 1. The van der Waals surface area contributed by atoms with Crippen LogP contribution in [0.25, 0.3) is 0 Å². The summed E-state index contributed by atoms with van der Waals surface area (Å²) < 4.78 is 18.9. The molecular formula is C38H60FN5O7. The maximum Gasteiger partial charge on any atom is 0.332 e. The summed E-state index contributed by atoms with van der Waals surface area (Å²) in [6, 6.07) is 1.87. The zero-order valence-corrected chi connectivity index (χ0v) is 31.7. The number of urea groups is 1. The van der Waals surface area contributed by atoms with Crippen molar-refractivity contribution in [2.75, 3.05) is 13.6 Å². The molecule has 5 N–H and O–H groups in total. The van der Waals surface area contributed by atoms with Crippen LogP contribution in [0.2, 0.25) is 0 Å². The molecule has 12 nitrogen and oxygen atoms in total. The summed E-state index contributed by atoms with van der Waals surface area (Å²) in [7, 11) is 1.50. The highest BCUT2D eigenvalue weighted by molar-refractivity contribution is 6.27. The average Bonchev–Trinajstić information content (AvgIpc) is 3.74. The zero-order valence-electron chi connectivity index (χ0n) is 31.7. The third-order valence-corrected chi connectivity index (χ3v) is 9.74. The molecule has 3 fully saturated rings. The Balaban J connectivity index is 0.00000138. The maximum atomic E-state index is 14.1. The summed E-state index contributed by atoms with van der Waals surface area (Å²) in [5, 5.41) is 8.19. The lowest BCUT2D eigenvalue weighted by molar-refractivity contribution is -0.154. The van der Waals surface area contributed by atoms with Gasteiger partial charge in [0.1, 0.15) is 30.0 Å². The number of nitrogens with one attached hydrogen (secondary N) is 3. The predicted octanol–water partition coefficient (Wildman–Crippen LogP) is 4.42. The molecule has 2 saturated carbocycles. The summed E-state index contributed by atoms with van der Waals surface area (Å²) >= 11 is 0. The molecule has 3 aliphatic rings. The van der Waals surface area contributed by atoms with Crippen LogP contribution in [0.1, 0.15) is 105 Å². The number of hydrogen-bond donors (Lipinski definition) is 4. The van der Waals surface area contributed by atoms with Crippen LogP contribution in [-0.2, 0) is 35.3 Å². The van der Waals surface area contributed by atoms with Gasteiger partial charge in [-0.3, -0.25) is 19.2 Å². The molecule has 4 amide bonds. The largest absolute Gasteiger partial charge is 0.459 e. The van der Waals surface area contributed by atoms with E-state index in [1.54, 1.807) is 20.8 Å². The molecule has 0 bridgehead atoms. The highest BCUT2D eigenvalue weighted by Gasteiger charge is 2.48. The number of likely N-dealkylation sites (tertiary alicyclic amines) is 1. The summed E-state index contributed by atoms with van der Waals surface area (Å²) in [5.41, 5.74) is 3.02. The number of amides is 4. The Kier molecular flexibility index (Phi) is 16.7. The third kappa shape index (κ3) is 12.7. The Hall–Kier alpha value is -3.87. The second-order valence-corrected chi connectivity index (χ2v) is 15.3. The van der Waals surface area contributed by atoms with Crippen molar-refractivity contribution in [3.05, 3.63) is 35.6 Å². The molecule has 4 rings (SSSR count). The first kappa shape index (κ1) is 43.3. The second kappa shape index (κ2) is 19.7. The van der Waals surface area contributed by atoms with Crippen molar-refractivity contribution in [1.82, 2.24) is 20.9 Å². The summed E-state index contributed by atoms with van der Waals surface area (Å²) in [6.07, 6.45) is 6.67. The number of halogens is 1. The van der Waals surface area contributed by atoms with Crippen LogP contribution in [0.15, 0.2) is 24.3 Å². The number of ketones is 1. The van der Waals surface area contributed by atoms with Crippen molar-refractivity contribution in [3.8, 4) is 0 Å². The lowest BCUT2D eigenvalue weighted by Gasteiger charge is -2.39. The Morgan fingerprint density at radius 3 is 2.04 bits per heavy atom. The normalized spacial score (nSPS) is 20.6. The third-order valence-electron chi connectivity index (χ3n) is 9.74. The van der Waals surface area contributed by atoms with Crippen molar-refractivity contribution in [1.29, 1.82) is 0 Å². The van der Waals surface area contributed by atoms with Crippen LogP contribution in [-0.4, -0.2) is 78.0 Å². The lowest BCUT2D eigenvalue weighted by atomic mass is 9.81. The molecule has 51 heavy (non-hydrogen) atoms. The smallest absolute Gasteiger partial charge is 0.332 e. The van der Waals surface area contributed by atoms with Gasteiger partial charge in [-0.05, 0) is 74.1 Å². The number of aldehydes is 1. The molecule has 1 heterocycles. The summed E-state index contributed by atoms with van der Waals surface area (Å²) in [4.78, 5) is 78.8. The Morgan fingerprint density at radius 2 is 1.55 bits per heavy atom. The molecule has 1 aromatic carbocycles. The minimum Gasteiger partial charge on any atom is -0.459 e. The van der Waals surface area contributed by atoms with Gasteiger partial charge in [0.2, 0.25) is 17.6 Å². The van der Waals surface area contributed by atoms with E-state index in [1.807, 2.05) is 13.8 Å². The molecule has 1 unspecified atom stereocenters. The van der Waals surface area contributed by atoms with E-state index < -0.39 is 64.5 Å². The average molecular weight is 718 g/mol. The van der Waals surface area contributed by atoms with E-state index in [0.29, 0.717) is 37.7 Å². The van der Waals surface area contributed by atoms with Gasteiger partial charge in [0.15, 0.2) is 6.29 Å². The van der Waals surface area contributed by atoms with Gasteiger partial charge in [0.05, 0.1) is 6.04 Å². The number of Topliss-reactive ketones (excluding diaryl/α,β-unsaturated/α-hetero) is 1. The van der Waals surface area contributed by atoms with E-state index in [0.717, 1.165) is 12.3 Å². The number of nitrogens with two attached hydrogens (primary N) is 1. The first-order valence-electron chi connectivity index (χ1n) is 18.2. The standard InChI is InChI=1S/C33H47FN4O7.C4H8.CH5N/c1-20(2)24-14-17-38(26(24)28(41)35-21(3)25(40)18-39)29(42)27(32(4,5)6)36-31(44)37-33(15-8-7-9-16-33)30(43)45-19-22-10-12-23(34)13-11-22;1-4-2-3-4;1-2/h10-13,18,20-21,24,26-27H,7-9,14-17,19H2,1-6H3,(H,35,41)(H2,36,37,44);4H,2-3H2,1H3;2H2,1H3/t21?,24-,26+,27-;;/m1../s1. The quantitative estimate of drug-likeness (QED) is 0.148. The predicted molar refractivity (Wildman–Crippen MR) is 193 cm³/mol. The Bertz CT molecular complexity index is 1340. The van der Waals surface area contributed by atoms with E-state index in [2.05, 4.69) is 28.6 Å². The number of esters is 1. The van der Waals surface area contributed by atoms with Crippen molar-refractivity contribution in [2.24, 2.45) is 28.9 Å². The number of hydrogen-bond acceptors (Lipinski definition) is 8. The fourth-order valence-corrected chi connectivity index (χ4v) is 6.34. The van der Waals surface area contributed by atoms with E-state index >= 15 is 0 Å². The molecule has 4 atom stereocenters. The number of rotatable bonds is 11. The molecule has 0 radical (unpaired) electrons. The van der Waals surface area contributed by atoms with E-state index in [9.17, 15) is 33.2 Å². The van der Waals surface area contributed by atoms with Gasteiger partial charge in [0, 0.05) is 6.54 Å². The van der Waals surface area contributed by atoms with Crippen LogP contribution in [0.3, 0.4) is 0 Å². The van der Waals surface area contributed by atoms with Gasteiger partial charge in [-0.2, -0.15) is 0 Å². The monoisotopic (exact) mass is 717 g/mol. The number of carbonyl (C=O) groups excluding carboxylic acids is 6. The molecule has 1 aromatic rings. The fourth-order valence-electron chi connectivity index (χ4n) is 6.34. The summed E-state index contributed by atoms with van der Waals surface area (Å²) in [6.45, 7) is 13.1. The highest BCUT2D eigenvalue weighted by atomic mass is 19.1. The number of ether oxygens (including phenoxy) is 1. The van der Waals surface area contributed by atoms with Crippen LogP contribution < -0.4 is 21.7 Å². The summed E-state index contributed by atoms with van der Waals surface area (Å²) in [5.74, 6) is -1.88. The Labute approximate surface area is 302 Å². The van der Waals surface area contributed by atoms with E-state index in [4.69, 9.17) is 4.74 Å². The zero-order chi connectivity index (χ0) is 38.5. The molecule has 2 aliphatic carbocycles. The first-order chi connectivity index (χ1) is 24.0. The minimum atomic E-state index is -1.30. The number of carbonyl (C=O) groups is 6. The van der Waals surface area contributed by atoms with Gasteiger partial charge >= 0.3 is 12.0 Å². The van der Waals surface area contributed by atoms with Gasteiger partial charge in [-0.15, -0.1) is 0 Å². The molecular weight excluding hydrogens is 657 g/mol. The maximum absolute atomic E-state index is 14.1. The van der Waals surface area contributed by atoms with Crippen molar-refractivity contribution >= 4 is 35.9 Å². The highest BCUT2D eigenvalue weighted by Crippen LogP contribution is 2.34. The van der Waals surface area contributed by atoms with Gasteiger partial charge in [-0.25, -0.2) is 14.0 Å². The van der Waals surface area contributed by atoms with E-state index in [-0.39, 0.29) is 31.3 Å². The Morgan fingerprint density at radius 1 is 0.980 bits per heavy atom. The molecule has 0 aromatic heterocycles. The SMILES string of the molecule is CC(NC(=O)[C@@H]1[C@@H](C(C)C)CCN1C(=O)[C@@H](NC(=O)NC1(C(=O)OCc2ccc(F)cc2)CCCCC1)C(C)(C)C)C(=O)C=O.CC1CC1.CN. The van der Waals surface area contributed by atoms with Gasteiger partial charge < -0.3 is 31.3 Å². The van der Waals surface area contributed by atoms with Crippen molar-refractivity contribution < 1.29 is 37.9 Å². The molecule has 0 spiro atoms. The molecule has 1 aliphatic heterocycles. The lowest BCUT2D eigenvalue weighted by Crippen LogP contribution is -2.64.